The average molecular weight is 262 g/mol. The molecule has 0 amide bonds. The number of carboxylic acids is 1. The molecule has 1 aliphatic rings. The first kappa shape index (κ1) is 13.3. The number of aliphatic carboxylic acids is 1. The van der Waals surface area contributed by atoms with E-state index in [2.05, 4.69) is 26.8 Å². The van der Waals surface area contributed by atoms with Crippen LogP contribution in [0.4, 0.5) is 11.6 Å². The molecule has 0 bridgehead atoms. The summed E-state index contributed by atoms with van der Waals surface area (Å²) in [6.07, 6.45) is 4.40. The van der Waals surface area contributed by atoms with Crippen LogP contribution >= 0.6 is 0 Å². The maximum atomic E-state index is 10.7. The normalized spacial score (nSPS) is 18.3. The molecule has 102 valence electrons. The second-order valence-electron chi connectivity index (χ2n) is 4.63. The SMILES string of the molecule is C=CCNc1cc(N2CCC(CC(=O)O)C2)ncn1. The summed E-state index contributed by atoms with van der Waals surface area (Å²) in [6, 6.07) is 1.88. The third-order valence-electron chi connectivity index (χ3n) is 3.15. The summed E-state index contributed by atoms with van der Waals surface area (Å²) in [5.74, 6) is 1.07. The zero-order chi connectivity index (χ0) is 13.7. The van der Waals surface area contributed by atoms with E-state index in [0.717, 1.165) is 31.1 Å². The number of hydrogen-bond donors (Lipinski definition) is 2. The van der Waals surface area contributed by atoms with Gasteiger partial charge in [-0.3, -0.25) is 4.79 Å². The lowest BCUT2D eigenvalue weighted by molar-refractivity contribution is -0.137. The minimum Gasteiger partial charge on any atom is -0.481 e. The highest BCUT2D eigenvalue weighted by molar-refractivity contribution is 5.67. The van der Waals surface area contributed by atoms with Gasteiger partial charge in [0, 0.05) is 32.1 Å². The van der Waals surface area contributed by atoms with Gasteiger partial charge in [-0.25, -0.2) is 9.97 Å². The van der Waals surface area contributed by atoms with Crippen LogP contribution < -0.4 is 10.2 Å². The van der Waals surface area contributed by atoms with E-state index < -0.39 is 5.97 Å². The van der Waals surface area contributed by atoms with Crippen LogP contribution in [-0.2, 0) is 4.79 Å². The number of anilines is 2. The van der Waals surface area contributed by atoms with Gasteiger partial charge < -0.3 is 15.3 Å². The van der Waals surface area contributed by atoms with Gasteiger partial charge in [-0.05, 0) is 12.3 Å². The minimum absolute atomic E-state index is 0.206. The lowest BCUT2D eigenvalue weighted by Crippen LogP contribution is -2.21. The van der Waals surface area contributed by atoms with Crippen LogP contribution in [0.15, 0.2) is 25.0 Å². The van der Waals surface area contributed by atoms with Crippen LogP contribution in [0.25, 0.3) is 0 Å². The van der Waals surface area contributed by atoms with E-state index in [1.807, 2.05) is 6.07 Å². The molecule has 0 aromatic carbocycles. The molecule has 1 fully saturated rings. The summed E-state index contributed by atoms with van der Waals surface area (Å²) in [6.45, 7) is 5.88. The maximum absolute atomic E-state index is 10.7. The molecule has 1 unspecified atom stereocenters. The summed E-state index contributed by atoms with van der Waals surface area (Å²) in [4.78, 5) is 21.2. The van der Waals surface area contributed by atoms with E-state index in [1.165, 1.54) is 6.33 Å². The van der Waals surface area contributed by atoms with E-state index in [-0.39, 0.29) is 12.3 Å². The fourth-order valence-electron chi connectivity index (χ4n) is 2.25. The molecule has 6 heteroatoms. The van der Waals surface area contributed by atoms with E-state index in [1.54, 1.807) is 6.08 Å². The number of nitrogens with zero attached hydrogens (tertiary/aromatic N) is 3. The number of rotatable bonds is 6. The standard InChI is InChI=1S/C13H18N4O2/c1-2-4-14-11-7-12(16-9-15-11)17-5-3-10(8-17)6-13(18)19/h2,7,9-10H,1,3-6,8H2,(H,18,19)(H,14,15,16). The molecular formula is C13H18N4O2. The molecule has 2 heterocycles. The van der Waals surface area contributed by atoms with Gasteiger partial charge in [0.05, 0.1) is 0 Å². The van der Waals surface area contributed by atoms with Crippen LogP contribution in [0, 0.1) is 5.92 Å². The zero-order valence-corrected chi connectivity index (χ0v) is 10.7. The predicted octanol–water partition coefficient (Wildman–Crippen LogP) is 1.38. The van der Waals surface area contributed by atoms with E-state index in [0.29, 0.717) is 6.54 Å². The van der Waals surface area contributed by atoms with Crippen LogP contribution in [0.2, 0.25) is 0 Å². The second kappa shape index (κ2) is 6.17. The van der Waals surface area contributed by atoms with Crippen LogP contribution in [0.5, 0.6) is 0 Å². The van der Waals surface area contributed by atoms with Crippen molar-refractivity contribution in [1.82, 2.24) is 9.97 Å². The molecular weight excluding hydrogens is 244 g/mol. The third kappa shape index (κ3) is 3.67. The van der Waals surface area contributed by atoms with Crippen molar-refractivity contribution in [2.75, 3.05) is 29.9 Å². The first-order valence-electron chi connectivity index (χ1n) is 6.32. The summed E-state index contributed by atoms with van der Waals surface area (Å²) in [7, 11) is 0. The Morgan fingerprint density at radius 2 is 2.47 bits per heavy atom. The lowest BCUT2D eigenvalue weighted by atomic mass is 10.1. The highest BCUT2D eigenvalue weighted by Gasteiger charge is 2.25. The van der Waals surface area contributed by atoms with Crippen LogP contribution in [0.3, 0.4) is 0 Å². The monoisotopic (exact) mass is 262 g/mol. The third-order valence-corrected chi connectivity index (χ3v) is 3.15. The van der Waals surface area contributed by atoms with Crippen molar-refractivity contribution in [3.05, 3.63) is 25.0 Å². The summed E-state index contributed by atoms with van der Waals surface area (Å²) >= 11 is 0. The second-order valence-corrected chi connectivity index (χ2v) is 4.63. The Bertz CT molecular complexity index is 464. The molecule has 0 saturated carbocycles. The number of hydrogen-bond acceptors (Lipinski definition) is 5. The molecule has 6 nitrogen and oxygen atoms in total. The first-order chi connectivity index (χ1) is 9.19. The van der Waals surface area contributed by atoms with Gasteiger partial charge in [0.15, 0.2) is 0 Å². The number of carbonyl (C=O) groups is 1. The highest BCUT2D eigenvalue weighted by Crippen LogP contribution is 2.25. The summed E-state index contributed by atoms with van der Waals surface area (Å²) in [5.41, 5.74) is 0. The van der Waals surface area contributed by atoms with Gasteiger partial charge in [-0.15, -0.1) is 6.58 Å². The van der Waals surface area contributed by atoms with E-state index in [9.17, 15) is 4.79 Å². The average Bonchev–Trinajstić information content (AvgIpc) is 2.84. The largest absolute Gasteiger partial charge is 0.481 e. The summed E-state index contributed by atoms with van der Waals surface area (Å²) < 4.78 is 0. The molecule has 2 rings (SSSR count). The molecule has 1 aliphatic heterocycles. The maximum Gasteiger partial charge on any atom is 0.303 e. The fourth-order valence-corrected chi connectivity index (χ4v) is 2.25. The van der Waals surface area contributed by atoms with Gasteiger partial charge in [0.1, 0.15) is 18.0 Å². The Hall–Kier alpha value is -2.11. The molecule has 2 N–H and O–H groups in total. The molecule has 1 saturated heterocycles. The van der Waals surface area contributed by atoms with Crippen molar-refractivity contribution in [1.29, 1.82) is 0 Å². The first-order valence-corrected chi connectivity index (χ1v) is 6.32. The molecule has 0 spiro atoms. The molecule has 1 aromatic heterocycles. The van der Waals surface area contributed by atoms with Crippen molar-refractivity contribution in [2.45, 2.75) is 12.8 Å². The Labute approximate surface area is 112 Å². The molecule has 19 heavy (non-hydrogen) atoms. The highest BCUT2D eigenvalue weighted by atomic mass is 16.4. The Balaban J connectivity index is 1.98. The predicted molar refractivity (Wildman–Crippen MR) is 73.3 cm³/mol. The lowest BCUT2D eigenvalue weighted by Gasteiger charge is -2.17. The van der Waals surface area contributed by atoms with E-state index >= 15 is 0 Å². The quantitative estimate of drug-likeness (QED) is 0.754. The Morgan fingerprint density at radius 1 is 1.63 bits per heavy atom. The van der Waals surface area contributed by atoms with Crippen molar-refractivity contribution >= 4 is 17.6 Å². The minimum atomic E-state index is -0.733. The Kier molecular flexibility index (Phi) is 4.33. The summed E-state index contributed by atoms with van der Waals surface area (Å²) in [5, 5.41) is 11.9. The zero-order valence-electron chi connectivity index (χ0n) is 10.7. The van der Waals surface area contributed by atoms with E-state index in [4.69, 9.17) is 5.11 Å². The number of aromatic nitrogens is 2. The van der Waals surface area contributed by atoms with Crippen LogP contribution in [0.1, 0.15) is 12.8 Å². The van der Waals surface area contributed by atoms with Crippen LogP contribution in [-0.4, -0.2) is 40.7 Å². The molecule has 1 aromatic rings. The van der Waals surface area contributed by atoms with Gasteiger partial charge in [0.25, 0.3) is 0 Å². The molecule has 0 aliphatic carbocycles. The van der Waals surface area contributed by atoms with Gasteiger partial charge in [0.2, 0.25) is 0 Å². The molecule has 0 radical (unpaired) electrons. The number of carboxylic acid groups (broad SMARTS) is 1. The van der Waals surface area contributed by atoms with Crippen molar-refractivity contribution in [3.63, 3.8) is 0 Å². The Morgan fingerprint density at radius 3 is 3.21 bits per heavy atom. The van der Waals surface area contributed by atoms with Gasteiger partial charge in [-0.1, -0.05) is 6.08 Å². The van der Waals surface area contributed by atoms with Gasteiger partial charge in [-0.2, -0.15) is 0 Å². The number of nitrogens with one attached hydrogen (secondary N) is 1. The van der Waals surface area contributed by atoms with Crippen molar-refractivity contribution in [3.8, 4) is 0 Å². The van der Waals surface area contributed by atoms with Crippen molar-refractivity contribution in [2.24, 2.45) is 5.92 Å². The molecule has 1 atom stereocenters. The smallest absolute Gasteiger partial charge is 0.303 e. The fraction of sp³-hybridized carbons (Fsp3) is 0.462. The van der Waals surface area contributed by atoms with Gasteiger partial charge >= 0.3 is 5.97 Å². The topological polar surface area (TPSA) is 78.4 Å². The van der Waals surface area contributed by atoms with Crippen molar-refractivity contribution < 1.29 is 9.90 Å².